The summed E-state index contributed by atoms with van der Waals surface area (Å²) in [6.45, 7) is 4.75. The van der Waals surface area contributed by atoms with Crippen molar-refractivity contribution in [2.24, 2.45) is 0 Å². The molecule has 6 aromatic carbocycles. The Morgan fingerprint density at radius 3 is 0.731 bits per heavy atom. The summed E-state index contributed by atoms with van der Waals surface area (Å²) in [5.41, 5.74) is 2.15. The zero-order valence-electron chi connectivity index (χ0n) is 39.3. The van der Waals surface area contributed by atoms with Crippen molar-refractivity contribution < 1.29 is 102 Å². The minimum Gasteiger partial charge on any atom is -0.743 e. The third-order valence-corrected chi connectivity index (χ3v) is 16.8. The fourth-order valence-electron chi connectivity index (χ4n) is 6.33. The predicted molar refractivity (Wildman–Crippen MR) is 254 cm³/mol. The van der Waals surface area contributed by atoms with E-state index in [1.165, 1.54) is 14.7 Å². The maximum Gasteiger partial charge on any atom is 0.460 e. The van der Waals surface area contributed by atoms with Crippen molar-refractivity contribution >= 4 is 73.6 Å². The van der Waals surface area contributed by atoms with Gasteiger partial charge >= 0.3 is 47.0 Å². The molecule has 6 nitrogen and oxygen atoms in total. The molecule has 0 heterocycles. The maximum atomic E-state index is 13.0. The van der Waals surface area contributed by atoms with E-state index in [4.69, 9.17) is 0 Å². The molecule has 0 aromatic heterocycles. The summed E-state index contributed by atoms with van der Waals surface area (Å²) in [6.07, 6.45) is -7.89. The summed E-state index contributed by atoms with van der Waals surface area (Å²) in [7, 11) is -8.49. The first-order chi connectivity index (χ1) is 35.7. The molecular weight excluding hydrogens is 1180 g/mol. The third kappa shape index (κ3) is 12.9. The Morgan fingerprint density at radius 1 is 0.346 bits per heavy atom. The zero-order valence-corrected chi connectivity index (χ0v) is 43.4. The monoisotopic (exact) mass is 1210 g/mol. The molecule has 0 unspecified atom stereocenters. The second-order valence-corrected chi connectivity index (χ2v) is 23.1. The van der Waals surface area contributed by atoms with Crippen LogP contribution in [0.25, 0.3) is 0 Å². The fourth-order valence-corrected chi connectivity index (χ4v) is 11.3. The van der Waals surface area contributed by atoms with Crippen molar-refractivity contribution in [2.75, 3.05) is 0 Å². The van der Waals surface area contributed by atoms with Gasteiger partial charge in [-0.15, -0.1) is 0 Å². The van der Waals surface area contributed by atoms with E-state index in [-0.39, 0.29) is 28.2 Å². The molecule has 0 spiro atoms. The number of hydrogen-bond acceptors (Lipinski definition) is 9. The summed E-state index contributed by atoms with van der Waals surface area (Å²) >= 11 is 5.04. The van der Waals surface area contributed by atoms with E-state index in [1.807, 2.05) is 72.8 Å². The van der Waals surface area contributed by atoms with Crippen LogP contribution in [0.1, 0.15) is 51.8 Å². The summed E-state index contributed by atoms with van der Waals surface area (Å²) in [4.78, 5) is 45.4. The molecule has 28 heteroatoms. The maximum absolute atomic E-state index is 13.0. The molecule has 0 fully saturated rings. The smallest absolute Gasteiger partial charge is 0.460 e. The second kappa shape index (κ2) is 23.3. The van der Waals surface area contributed by atoms with Gasteiger partial charge in [0, 0.05) is 46.1 Å². The van der Waals surface area contributed by atoms with Crippen LogP contribution < -0.4 is 0 Å². The Labute approximate surface area is 447 Å². The summed E-state index contributed by atoms with van der Waals surface area (Å²) in [5, 5.41) is -7.95. The van der Waals surface area contributed by atoms with Gasteiger partial charge in [-0.1, -0.05) is 71.7 Å². The number of Topliss-reactive ketones (excluding diaryl/α,β-unsaturated/α-hetero) is 3. The van der Waals surface area contributed by atoms with Crippen LogP contribution in [-0.4, -0.2) is 77.3 Å². The minimum absolute atomic E-state index is 0.0674. The van der Waals surface area contributed by atoms with Gasteiger partial charge in [0.2, 0.25) is 0 Å². The van der Waals surface area contributed by atoms with Crippen molar-refractivity contribution in [3.05, 3.63) is 162 Å². The van der Waals surface area contributed by atoms with Crippen LogP contribution in [0.15, 0.2) is 190 Å². The van der Waals surface area contributed by atoms with Crippen molar-refractivity contribution in [1.29, 1.82) is 0 Å². The first-order valence-electron chi connectivity index (χ1n) is 21.3. The van der Waals surface area contributed by atoms with Gasteiger partial charge < -0.3 is 4.55 Å². The van der Waals surface area contributed by atoms with Crippen LogP contribution in [0, 0.1) is 0 Å². The lowest BCUT2D eigenvalue weighted by Crippen LogP contribution is -2.75. The lowest BCUT2D eigenvalue weighted by Gasteiger charge is -2.42. The molecule has 0 aliphatic carbocycles. The Hall–Kier alpha value is -5.55. The summed E-state index contributed by atoms with van der Waals surface area (Å²) < 4.78 is 244. The van der Waals surface area contributed by atoms with Crippen LogP contribution in [0.2, 0.25) is 0 Å². The van der Waals surface area contributed by atoms with Crippen LogP contribution in [0.5, 0.6) is 0 Å². The fraction of sp³-hybridized carbons (Fsp3) is 0.220. The topological polar surface area (TPSA) is 108 Å². The Balaban J connectivity index is 0.000000333. The lowest BCUT2D eigenvalue weighted by molar-refractivity contribution is -0.458. The van der Waals surface area contributed by atoms with Gasteiger partial charge in [0.15, 0.2) is 42.2 Å². The summed E-state index contributed by atoms with van der Waals surface area (Å²) in [5.74, 6) is -51.9. The molecule has 6 aromatic rings. The number of hydrogen-bond donors (Lipinski definition) is 0. The Bertz CT molecular complexity index is 2970. The molecule has 0 atom stereocenters. The van der Waals surface area contributed by atoms with Crippen molar-refractivity contribution in [1.82, 2.24) is 0 Å². The average molecular weight is 1210 g/mol. The standard InChI is InChI=1S/C42H33O3S4.C8HF17O3S/c1-28(43)31-4-10-34(11-5-31)46-37-16-22-40(23-17-37)49(41-24-18-38(19-25-41)47-35-12-6-32(7-13-35)29(2)44)42-26-20-39(21-27-42)48-36-14-8-33(9-15-36)30(3)45;9-1(10,3(13,14)5(17,18)7(21,22)23)2(11,12)4(15,16)6(19,20)8(24,25)29(26,27)28/h4-27H,1-3H3;(H,26,27,28)/q+1;/p-1. The number of halogens is 17. The predicted octanol–water partition coefficient (Wildman–Crippen LogP) is 16.3. The van der Waals surface area contributed by atoms with E-state index in [9.17, 15) is 102 Å². The van der Waals surface area contributed by atoms with Crippen LogP contribution in [-0.2, 0) is 21.0 Å². The SMILES string of the molecule is CC(=O)c1ccc(Sc2ccc([S+](c3ccc(Sc4ccc(C(C)=O)cc4)cc3)c3ccc(Sc4ccc(C(C)=O)cc4)cc3)cc2)cc1.O=S(=O)([O-])C(F)(F)C(F)(F)C(F)(F)C(F)(F)C(F)(F)C(F)(F)C(F)(F)C(F)(F)F. The van der Waals surface area contributed by atoms with Gasteiger partial charge in [0.05, 0.1) is 10.9 Å². The molecular formula is C50H33F17O6S5. The second-order valence-electron chi connectivity index (χ2n) is 16.2. The zero-order chi connectivity index (χ0) is 58.8. The van der Waals surface area contributed by atoms with E-state index in [0.29, 0.717) is 16.7 Å². The van der Waals surface area contributed by atoms with E-state index in [0.717, 1.165) is 29.4 Å². The van der Waals surface area contributed by atoms with E-state index in [1.54, 1.807) is 56.1 Å². The highest BCUT2D eigenvalue weighted by Crippen LogP contribution is 2.64. The number of carbonyl (C=O) groups excluding carboxylic acids is 3. The molecule has 78 heavy (non-hydrogen) atoms. The van der Waals surface area contributed by atoms with Gasteiger partial charge in [-0.05, 0) is 130 Å². The number of rotatable bonds is 19. The van der Waals surface area contributed by atoms with E-state index in [2.05, 4.69) is 72.8 Å². The average Bonchev–Trinajstić information content (AvgIpc) is 3.53. The number of alkyl halides is 17. The molecule has 0 aliphatic heterocycles. The van der Waals surface area contributed by atoms with Crippen molar-refractivity contribution in [3.8, 4) is 0 Å². The Kier molecular flexibility index (Phi) is 18.9. The highest BCUT2D eigenvalue weighted by Gasteiger charge is 2.95. The first kappa shape index (κ1) is 63.3. The quantitative estimate of drug-likeness (QED) is 0.0339. The van der Waals surface area contributed by atoms with E-state index < -0.39 is 57.1 Å². The van der Waals surface area contributed by atoms with Gasteiger partial charge in [-0.25, -0.2) is 8.42 Å². The normalized spacial score (nSPS) is 13.2. The number of carbonyl (C=O) groups is 3. The molecule has 0 aliphatic rings. The highest BCUT2D eigenvalue weighted by molar-refractivity contribution is 8.00. The summed E-state index contributed by atoms with van der Waals surface area (Å²) in [6, 6.07) is 49.5. The Morgan fingerprint density at radius 2 is 0.538 bits per heavy atom. The highest BCUT2D eigenvalue weighted by atomic mass is 32.2. The largest absolute Gasteiger partial charge is 0.743 e. The van der Waals surface area contributed by atoms with Crippen LogP contribution >= 0.6 is 35.3 Å². The van der Waals surface area contributed by atoms with Gasteiger partial charge in [0.25, 0.3) is 0 Å². The molecule has 0 N–H and O–H groups in total. The van der Waals surface area contributed by atoms with E-state index >= 15 is 0 Å². The molecule has 0 radical (unpaired) electrons. The third-order valence-electron chi connectivity index (χ3n) is 10.7. The minimum atomic E-state index is -8.92. The van der Waals surface area contributed by atoms with Gasteiger partial charge in [-0.3, -0.25) is 14.4 Å². The molecule has 6 rings (SSSR count). The van der Waals surface area contributed by atoms with Crippen LogP contribution in [0.3, 0.4) is 0 Å². The molecule has 0 amide bonds. The van der Waals surface area contributed by atoms with Crippen LogP contribution in [0.4, 0.5) is 74.6 Å². The molecule has 418 valence electrons. The molecule has 0 saturated heterocycles. The lowest BCUT2D eigenvalue weighted by atomic mass is 9.91. The molecule has 0 bridgehead atoms. The number of ketones is 3. The molecule has 0 saturated carbocycles. The number of benzene rings is 6. The van der Waals surface area contributed by atoms with Crippen molar-refractivity contribution in [2.45, 2.75) is 112 Å². The van der Waals surface area contributed by atoms with Crippen molar-refractivity contribution in [3.63, 3.8) is 0 Å². The first-order valence-corrected chi connectivity index (χ1v) is 26.4. The van der Waals surface area contributed by atoms with Gasteiger partial charge in [-0.2, -0.15) is 74.6 Å². The van der Waals surface area contributed by atoms with Gasteiger partial charge in [0.1, 0.15) is 0 Å².